The number of rotatable bonds is 12. The van der Waals surface area contributed by atoms with Crippen molar-refractivity contribution in [3.05, 3.63) is 57.9 Å². The predicted octanol–water partition coefficient (Wildman–Crippen LogP) is 0.941. The maximum absolute atomic E-state index is 13.1. The van der Waals surface area contributed by atoms with Crippen molar-refractivity contribution in [1.29, 1.82) is 0 Å². The first kappa shape index (κ1) is 24.3. The zero-order chi connectivity index (χ0) is 22.8. The van der Waals surface area contributed by atoms with E-state index in [-0.39, 0.29) is 49.9 Å². The van der Waals surface area contributed by atoms with Gasteiger partial charge in [0.2, 0.25) is 0 Å². The van der Waals surface area contributed by atoms with Gasteiger partial charge >= 0.3 is 5.97 Å². The molecule has 0 aliphatic rings. The third-order valence-electron chi connectivity index (χ3n) is 4.12. The van der Waals surface area contributed by atoms with E-state index in [1.54, 1.807) is 6.07 Å². The van der Waals surface area contributed by atoms with Crippen LogP contribution < -0.4 is 4.74 Å². The smallest absolute Gasteiger partial charge is 0.306 e. The van der Waals surface area contributed by atoms with Gasteiger partial charge in [-0.3, -0.25) is 19.9 Å². The van der Waals surface area contributed by atoms with Gasteiger partial charge in [0.05, 0.1) is 43.1 Å². The monoisotopic (exact) mass is 453 g/mol. The Kier molecular flexibility index (Phi) is 9.46. The van der Waals surface area contributed by atoms with Crippen molar-refractivity contribution in [3.8, 4) is 5.75 Å². The second-order valence-electron chi connectivity index (χ2n) is 6.18. The Hall–Kier alpha value is -2.93. The molecule has 168 valence electrons. The summed E-state index contributed by atoms with van der Waals surface area (Å²) in [6.45, 7) is -0.558. The molecule has 12 heteroatoms. The minimum Gasteiger partial charge on any atom is -0.492 e. The summed E-state index contributed by atoms with van der Waals surface area (Å²) in [5.41, 5.74) is 0.333. The summed E-state index contributed by atoms with van der Waals surface area (Å²) in [5, 5.41) is 29.8. The van der Waals surface area contributed by atoms with Gasteiger partial charge in [-0.2, -0.15) is 0 Å². The number of aliphatic hydroxyl groups excluding tert-OH is 2. The lowest BCUT2D eigenvalue weighted by molar-refractivity contribution is -0.387. The zero-order valence-electron chi connectivity index (χ0n) is 16.8. The summed E-state index contributed by atoms with van der Waals surface area (Å²) in [6, 6.07) is 8.66. The average Bonchev–Trinajstić information content (AvgIpc) is 2.80. The lowest BCUT2D eigenvalue weighted by Crippen LogP contribution is -2.33. The van der Waals surface area contributed by atoms with Gasteiger partial charge in [0, 0.05) is 31.3 Å². The highest BCUT2D eigenvalue weighted by Gasteiger charge is 2.24. The first-order valence-electron chi connectivity index (χ1n) is 9.21. The number of nitro groups is 1. The maximum atomic E-state index is 13.1. The van der Waals surface area contributed by atoms with E-state index in [0.717, 1.165) is 0 Å². The van der Waals surface area contributed by atoms with Crippen LogP contribution in [0.2, 0.25) is 0 Å². The second kappa shape index (κ2) is 12.1. The van der Waals surface area contributed by atoms with E-state index in [1.807, 2.05) is 0 Å². The van der Waals surface area contributed by atoms with Crippen molar-refractivity contribution < 1.29 is 33.6 Å². The fraction of sp³-hybridized carbons (Fsp3) is 0.368. The van der Waals surface area contributed by atoms with Crippen LogP contribution in [-0.4, -0.2) is 61.4 Å². The van der Waals surface area contributed by atoms with Crippen molar-refractivity contribution >= 4 is 22.6 Å². The van der Waals surface area contributed by atoms with Gasteiger partial charge in [0.25, 0.3) is 5.69 Å². The molecule has 0 radical (unpaired) electrons. The Morgan fingerprint density at radius 3 is 2.42 bits per heavy atom. The highest BCUT2D eigenvalue weighted by atomic mass is 32.2. The number of methoxy groups -OCH3 is 1. The van der Waals surface area contributed by atoms with Crippen molar-refractivity contribution in [2.75, 3.05) is 26.8 Å². The number of esters is 1. The Balaban J connectivity index is 2.16. The van der Waals surface area contributed by atoms with E-state index in [9.17, 15) is 29.3 Å². The predicted molar refractivity (Wildman–Crippen MR) is 109 cm³/mol. The van der Waals surface area contributed by atoms with E-state index in [4.69, 9.17) is 4.74 Å². The number of aliphatic hydroxyl groups is 2. The first-order valence-corrected chi connectivity index (χ1v) is 10.3. The molecular weight excluding hydrogens is 430 g/mol. The van der Waals surface area contributed by atoms with Crippen LogP contribution in [0.1, 0.15) is 17.8 Å². The standard InChI is InChI=1S/C19H23N3O8S/c1-29-19(25)6-7-21(31(28)18-5-3-2-4-17(18)22(26)27)8-9-30-16-10-14(12-23)20-15(11-16)13-24/h2-5,10-11,23-24H,6-9,12-13H2,1H3. The molecule has 0 saturated carbocycles. The Bertz CT molecular complexity index is 918. The topological polar surface area (TPSA) is 152 Å². The highest BCUT2D eigenvalue weighted by molar-refractivity contribution is 7.82. The van der Waals surface area contributed by atoms with Crippen LogP contribution in [-0.2, 0) is 33.7 Å². The molecule has 0 saturated heterocycles. The molecule has 31 heavy (non-hydrogen) atoms. The van der Waals surface area contributed by atoms with Gasteiger partial charge in [-0.25, -0.2) is 8.51 Å². The largest absolute Gasteiger partial charge is 0.492 e. The molecule has 0 aliphatic carbocycles. The molecule has 1 unspecified atom stereocenters. The molecule has 1 aromatic heterocycles. The lowest BCUT2D eigenvalue weighted by atomic mass is 10.3. The summed E-state index contributed by atoms with van der Waals surface area (Å²) in [5.74, 6) is -0.174. The summed E-state index contributed by atoms with van der Waals surface area (Å²) in [4.78, 5) is 26.2. The Morgan fingerprint density at radius 1 is 1.19 bits per heavy atom. The van der Waals surface area contributed by atoms with Crippen molar-refractivity contribution in [1.82, 2.24) is 9.29 Å². The molecule has 1 heterocycles. The summed E-state index contributed by atoms with van der Waals surface area (Å²) >= 11 is 0. The highest BCUT2D eigenvalue weighted by Crippen LogP contribution is 2.24. The Labute approximate surface area is 181 Å². The van der Waals surface area contributed by atoms with Gasteiger partial charge in [0.15, 0.2) is 0 Å². The number of nitrogens with zero attached hydrogens (tertiary/aromatic N) is 3. The van der Waals surface area contributed by atoms with E-state index in [2.05, 4.69) is 9.72 Å². The second-order valence-corrected chi connectivity index (χ2v) is 7.63. The minimum atomic E-state index is -1.93. The van der Waals surface area contributed by atoms with Gasteiger partial charge in [-0.1, -0.05) is 12.1 Å². The molecule has 11 nitrogen and oxygen atoms in total. The number of nitro benzene ring substituents is 1. The van der Waals surface area contributed by atoms with Crippen LogP contribution >= 0.6 is 0 Å². The number of pyridine rings is 1. The molecular formula is C19H23N3O8S. The zero-order valence-corrected chi connectivity index (χ0v) is 17.6. The number of carbonyl (C=O) groups excluding carboxylic acids is 1. The third kappa shape index (κ3) is 7.07. The van der Waals surface area contributed by atoms with Gasteiger partial charge in [0.1, 0.15) is 28.2 Å². The number of benzene rings is 1. The van der Waals surface area contributed by atoms with Crippen LogP contribution in [0, 0.1) is 10.1 Å². The first-order chi connectivity index (χ1) is 14.9. The molecule has 2 rings (SSSR count). The number of carbonyl (C=O) groups is 1. The number of hydrogen-bond donors (Lipinski definition) is 2. The molecule has 0 spiro atoms. The molecule has 0 bridgehead atoms. The van der Waals surface area contributed by atoms with Crippen LogP contribution in [0.5, 0.6) is 5.75 Å². The van der Waals surface area contributed by atoms with Gasteiger partial charge < -0.3 is 19.7 Å². The molecule has 2 N–H and O–H groups in total. The van der Waals surface area contributed by atoms with E-state index in [1.165, 1.54) is 41.7 Å². The van der Waals surface area contributed by atoms with Crippen molar-refractivity contribution in [3.63, 3.8) is 0 Å². The average molecular weight is 453 g/mol. The number of hydrogen-bond acceptors (Lipinski definition) is 9. The lowest BCUT2D eigenvalue weighted by Gasteiger charge is -2.21. The SMILES string of the molecule is COC(=O)CCN(CCOc1cc(CO)nc(CO)c1)S(=O)c1ccccc1[N+](=O)[O-]. The molecule has 1 atom stereocenters. The Morgan fingerprint density at radius 2 is 1.84 bits per heavy atom. The van der Waals surface area contributed by atoms with Gasteiger partial charge in [-0.15, -0.1) is 0 Å². The van der Waals surface area contributed by atoms with E-state index in [0.29, 0.717) is 17.1 Å². The van der Waals surface area contributed by atoms with E-state index < -0.39 is 21.9 Å². The van der Waals surface area contributed by atoms with Gasteiger partial charge in [-0.05, 0) is 6.07 Å². The van der Waals surface area contributed by atoms with Crippen LogP contribution in [0.25, 0.3) is 0 Å². The maximum Gasteiger partial charge on any atom is 0.306 e. The minimum absolute atomic E-state index is 0.00594. The van der Waals surface area contributed by atoms with Crippen LogP contribution in [0.3, 0.4) is 0 Å². The summed E-state index contributed by atoms with van der Waals surface area (Å²) < 4.78 is 24.7. The van der Waals surface area contributed by atoms with Crippen LogP contribution in [0.15, 0.2) is 41.3 Å². The van der Waals surface area contributed by atoms with Crippen molar-refractivity contribution in [2.24, 2.45) is 0 Å². The van der Waals surface area contributed by atoms with Crippen LogP contribution in [0.4, 0.5) is 5.69 Å². The fourth-order valence-electron chi connectivity index (χ4n) is 2.62. The number of ether oxygens (including phenoxy) is 2. The number of aromatic nitrogens is 1. The molecule has 0 fully saturated rings. The quantitative estimate of drug-likeness (QED) is 0.272. The molecule has 2 aromatic rings. The molecule has 0 amide bonds. The summed E-state index contributed by atoms with van der Waals surface area (Å²) in [6.07, 6.45) is -0.0680. The fourth-order valence-corrected chi connectivity index (χ4v) is 3.91. The third-order valence-corrected chi connectivity index (χ3v) is 5.67. The van der Waals surface area contributed by atoms with E-state index >= 15 is 0 Å². The molecule has 1 aromatic carbocycles. The normalized spacial score (nSPS) is 11.9. The number of para-hydroxylation sites is 1. The summed E-state index contributed by atoms with van der Waals surface area (Å²) in [7, 11) is -0.698. The molecule has 0 aliphatic heterocycles. The van der Waals surface area contributed by atoms with Crippen molar-refractivity contribution in [2.45, 2.75) is 24.5 Å².